The Morgan fingerprint density at radius 3 is 1.10 bits per heavy atom. The number of aliphatic imine (C=N–C) groups is 2. The van der Waals surface area contributed by atoms with Crippen LogP contribution in [0.15, 0.2) is 9.98 Å². The molecule has 1 aliphatic rings. The Bertz CT molecular complexity index is 1970. The van der Waals surface area contributed by atoms with Crippen LogP contribution in [0.2, 0.25) is 0 Å². The quantitative estimate of drug-likeness (QED) is 0.0272. The second kappa shape index (κ2) is 31.6. The van der Waals surface area contributed by atoms with Gasteiger partial charge in [0.15, 0.2) is 11.9 Å². The zero-order chi connectivity index (χ0) is 53.1. The minimum atomic E-state index is -1.98. The van der Waals surface area contributed by atoms with Gasteiger partial charge in [0.05, 0.1) is 6.42 Å². The fourth-order valence-corrected chi connectivity index (χ4v) is 6.84. The topological polar surface area (TPSA) is 517 Å². The van der Waals surface area contributed by atoms with Gasteiger partial charge in [0, 0.05) is 32.4 Å². The molecule has 1 rings (SSSR count). The highest BCUT2D eigenvalue weighted by Gasteiger charge is 2.36. The number of carbonyl (C=O) groups excluding carboxylic acids is 9. The lowest BCUT2D eigenvalue weighted by molar-refractivity contribution is -0.142. The molecule has 0 unspecified atom stereocenters. The highest BCUT2D eigenvalue weighted by molar-refractivity contribution is 7.98. The smallest absolute Gasteiger partial charge is 0.305 e. The summed E-state index contributed by atoms with van der Waals surface area (Å²) in [4.78, 5) is 166. The van der Waals surface area contributed by atoms with E-state index in [1.807, 2.05) is 0 Å². The number of carboxylic acid groups (broad SMARTS) is 3. The number of hydrogen-bond donors (Lipinski definition) is 16. The lowest BCUT2D eigenvalue weighted by Crippen LogP contribution is -2.61. The van der Waals surface area contributed by atoms with Crippen molar-refractivity contribution < 1.29 is 72.9 Å². The lowest BCUT2D eigenvalue weighted by Gasteiger charge is -2.28. The molecule has 0 aromatic heterocycles. The highest BCUT2D eigenvalue weighted by Crippen LogP contribution is 2.11. The summed E-state index contributed by atoms with van der Waals surface area (Å²) in [7, 11) is 0. The molecule has 392 valence electrons. The van der Waals surface area contributed by atoms with E-state index in [0.29, 0.717) is 0 Å². The van der Waals surface area contributed by atoms with Gasteiger partial charge in [-0.2, -0.15) is 11.8 Å². The summed E-state index contributed by atoms with van der Waals surface area (Å²) in [5.41, 5.74) is 27.1. The van der Waals surface area contributed by atoms with Crippen LogP contribution in [0.1, 0.15) is 84.0 Å². The molecule has 0 radical (unpaired) electrons. The maximum Gasteiger partial charge on any atom is 0.305 e. The van der Waals surface area contributed by atoms with Crippen molar-refractivity contribution in [2.45, 2.75) is 132 Å². The van der Waals surface area contributed by atoms with Gasteiger partial charge in [-0.3, -0.25) is 67.5 Å². The van der Waals surface area contributed by atoms with Crippen molar-refractivity contribution in [2.75, 3.05) is 25.1 Å². The molecular weight excluding hydrogens is 951 g/mol. The Balaban J connectivity index is 4.06. The van der Waals surface area contributed by atoms with Crippen molar-refractivity contribution in [3.63, 3.8) is 0 Å². The lowest BCUT2D eigenvalue weighted by atomic mass is 10.0. The number of carbonyl (C=O) groups is 12. The van der Waals surface area contributed by atoms with Crippen molar-refractivity contribution in [3.05, 3.63) is 0 Å². The Morgan fingerprint density at radius 2 is 0.771 bits per heavy atom. The predicted molar refractivity (Wildman–Crippen MR) is 248 cm³/mol. The zero-order valence-corrected chi connectivity index (χ0v) is 39.5. The maximum absolute atomic E-state index is 14.1. The van der Waals surface area contributed by atoms with Gasteiger partial charge >= 0.3 is 17.9 Å². The highest BCUT2D eigenvalue weighted by atomic mass is 32.2. The van der Waals surface area contributed by atoms with E-state index in [9.17, 15) is 72.9 Å². The first-order chi connectivity index (χ1) is 32.8. The van der Waals surface area contributed by atoms with E-state index in [4.69, 9.17) is 28.7 Å². The van der Waals surface area contributed by atoms with E-state index < -0.39 is 164 Å². The first-order valence-electron chi connectivity index (χ1n) is 21.8. The summed E-state index contributed by atoms with van der Waals surface area (Å²) in [5.74, 6) is -14.8. The molecule has 0 aromatic carbocycles. The number of thioether (sulfide) groups is 1. The van der Waals surface area contributed by atoms with Gasteiger partial charge in [-0.05, 0) is 70.3 Å². The van der Waals surface area contributed by atoms with E-state index in [0.717, 1.165) is 6.92 Å². The van der Waals surface area contributed by atoms with Crippen LogP contribution < -0.4 is 71.2 Å². The van der Waals surface area contributed by atoms with Crippen molar-refractivity contribution in [3.8, 4) is 0 Å². The van der Waals surface area contributed by atoms with E-state index >= 15 is 0 Å². The SMILES string of the molecule is CSCC[C@@H]1NC(=O)[C@H](CCC(=O)O)NC(=O)[C@H](CCC(=O)O)NC(=O)[C@H](CC(=O)O)NC(=O)[C@H](C)NC(=O)[C@H](CCCN=C(N)N)NC(=O)[C@H](CCCN=C(N)N)NC(=O)[C@H](CCC(N)=O)NC1=O. The minimum Gasteiger partial charge on any atom is -0.481 e. The molecule has 30 nitrogen and oxygen atoms in total. The van der Waals surface area contributed by atoms with Crippen LogP contribution in [0.3, 0.4) is 0 Å². The van der Waals surface area contributed by atoms with Crippen LogP contribution in [0, 0.1) is 0 Å². The van der Waals surface area contributed by atoms with Crippen LogP contribution in [0.4, 0.5) is 0 Å². The van der Waals surface area contributed by atoms with Gasteiger partial charge in [-0.15, -0.1) is 0 Å². The van der Waals surface area contributed by atoms with Crippen LogP contribution in [0.5, 0.6) is 0 Å². The maximum atomic E-state index is 14.1. The largest absolute Gasteiger partial charge is 0.481 e. The first kappa shape index (κ1) is 60.5. The molecular formula is C39H65N15O15S. The third-order valence-electron chi connectivity index (χ3n) is 10.0. The van der Waals surface area contributed by atoms with Gasteiger partial charge in [-0.1, -0.05) is 0 Å². The van der Waals surface area contributed by atoms with Crippen molar-refractivity contribution in [2.24, 2.45) is 38.7 Å². The summed E-state index contributed by atoms with van der Waals surface area (Å²) < 4.78 is 0. The number of rotatable bonds is 22. The first-order valence-corrected chi connectivity index (χ1v) is 23.2. The van der Waals surface area contributed by atoms with Gasteiger partial charge in [0.1, 0.15) is 48.3 Å². The normalized spacial score (nSPS) is 23.5. The second-order valence-corrected chi connectivity index (χ2v) is 16.8. The molecule has 31 heteroatoms. The molecule has 1 fully saturated rings. The molecule has 9 amide bonds. The number of aliphatic carboxylic acids is 3. The average molecular weight is 1020 g/mol. The Hall–Kier alpha value is -7.47. The minimum absolute atomic E-state index is 0.0426. The molecule has 0 saturated carbocycles. The Kier molecular flexibility index (Phi) is 27.3. The third kappa shape index (κ3) is 24.5. The molecule has 21 N–H and O–H groups in total. The number of hydrogen-bond acceptors (Lipinski definition) is 15. The van der Waals surface area contributed by atoms with Gasteiger partial charge in [0.2, 0.25) is 53.2 Å². The van der Waals surface area contributed by atoms with E-state index in [2.05, 4.69) is 52.5 Å². The predicted octanol–water partition coefficient (Wildman–Crippen LogP) is -6.77. The molecule has 1 saturated heterocycles. The third-order valence-corrected chi connectivity index (χ3v) is 10.7. The Morgan fingerprint density at radius 1 is 0.457 bits per heavy atom. The van der Waals surface area contributed by atoms with Crippen molar-refractivity contribution >= 4 is 94.8 Å². The summed E-state index contributed by atoms with van der Waals surface area (Å²) >= 11 is 1.23. The number of primary amides is 1. The standard InChI is InChI=1S/C39H65N15O15S/c1-18-30(62)54-25(17-29(60)61)37(69)52-23(9-12-28(58)59)34(66)51-22(8-11-27(56)57)35(67)53-24(13-16-70-2)36(68)50-21(7-10-26(40)55)33(65)49-20(6-4-15-46-39(43)44)32(64)48-19(31(63)47-18)5-3-14-45-38(41)42/h18-25H,3-17H2,1-2H3,(H2,40,55)(H,47,63)(H,48,64)(H,49,65)(H,50,68)(H,51,66)(H,52,69)(H,53,67)(H,54,62)(H,56,57)(H,58,59)(H,60,61)(H4,41,42,45)(H4,43,44,46)/t18-,19-,20-,21-,22-,23-,24-,25-/m0/s1. The van der Waals surface area contributed by atoms with Crippen LogP contribution >= 0.6 is 11.8 Å². The molecule has 8 atom stereocenters. The fraction of sp³-hybridized carbons (Fsp3) is 0.641. The van der Waals surface area contributed by atoms with E-state index in [1.54, 1.807) is 6.26 Å². The summed E-state index contributed by atoms with van der Waals surface area (Å²) in [6, 6.07) is -13.4. The summed E-state index contributed by atoms with van der Waals surface area (Å²) in [6.07, 6.45) is -3.66. The summed E-state index contributed by atoms with van der Waals surface area (Å²) in [6.45, 7) is 1.04. The monoisotopic (exact) mass is 1020 g/mol. The number of carboxylic acids is 3. The molecule has 0 aromatic rings. The number of nitrogens with zero attached hydrogens (tertiary/aromatic N) is 2. The molecule has 0 bridgehead atoms. The number of amides is 9. The van der Waals surface area contributed by atoms with Crippen LogP contribution in [-0.2, 0) is 57.5 Å². The Labute approximate surface area is 405 Å². The van der Waals surface area contributed by atoms with Crippen molar-refractivity contribution in [1.29, 1.82) is 0 Å². The van der Waals surface area contributed by atoms with Gasteiger partial charge in [0.25, 0.3) is 0 Å². The van der Waals surface area contributed by atoms with Crippen LogP contribution in [0.25, 0.3) is 0 Å². The van der Waals surface area contributed by atoms with E-state index in [-0.39, 0.29) is 62.9 Å². The molecule has 1 heterocycles. The fourth-order valence-electron chi connectivity index (χ4n) is 6.37. The molecule has 1 aliphatic heterocycles. The average Bonchev–Trinajstić information content (AvgIpc) is 3.26. The second-order valence-electron chi connectivity index (χ2n) is 15.8. The van der Waals surface area contributed by atoms with Gasteiger partial charge < -0.3 is 86.5 Å². The number of nitrogens with two attached hydrogens (primary N) is 5. The zero-order valence-electron chi connectivity index (χ0n) is 38.7. The number of nitrogens with one attached hydrogen (secondary N) is 8. The summed E-state index contributed by atoms with van der Waals surface area (Å²) in [5, 5.41) is 47.3. The molecule has 0 spiro atoms. The van der Waals surface area contributed by atoms with Crippen LogP contribution in [-0.4, -0.2) is 172 Å². The molecule has 0 aliphatic carbocycles. The molecule has 70 heavy (non-hydrogen) atoms. The van der Waals surface area contributed by atoms with E-state index in [1.165, 1.54) is 11.8 Å². The van der Waals surface area contributed by atoms with Gasteiger partial charge in [-0.25, -0.2) is 0 Å². The number of guanidine groups is 2. The van der Waals surface area contributed by atoms with Crippen molar-refractivity contribution in [1.82, 2.24) is 42.5 Å².